The average molecular weight is 297 g/mol. The fourth-order valence-corrected chi connectivity index (χ4v) is 2.22. The molecule has 0 saturated carbocycles. The first-order valence-electron chi connectivity index (χ1n) is 7.13. The van der Waals surface area contributed by atoms with Gasteiger partial charge >= 0.3 is 5.97 Å². The van der Waals surface area contributed by atoms with E-state index in [4.69, 9.17) is 4.74 Å². The number of esters is 1. The van der Waals surface area contributed by atoms with E-state index >= 15 is 0 Å². The average Bonchev–Trinajstić information content (AvgIpc) is 2.51. The molecule has 1 heterocycles. The number of carbonyl (C=O) groups is 2. The lowest BCUT2D eigenvalue weighted by molar-refractivity contribution is 0.0318. The molecule has 4 heteroatoms. The van der Waals surface area contributed by atoms with Crippen LogP contribution in [0.5, 0.6) is 0 Å². The van der Waals surface area contributed by atoms with Crippen LogP contribution < -0.4 is 0 Å². The van der Waals surface area contributed by atoms with Gasteiger partial charge in [-0.15, -0.1) is 0 Å². The minimum Gasteiger partial charge on any atom is -0.451 e. The lowest BCUT2D eigenvalue weighted by Gasteiger charge is -2.15. The van der Waals surface area contributed by atoms with Gasteiger partial charge in [0.05, 0.1) is 5.56 Å². The predicted octanol–water partition coefficient (Wildman–Crippen LogP) is 3.44. The topological polar surface area (TPSA) is 56.3 Å². The van der Waals surface area contributed by atoms with Gasteiger partial charge in [-0.1, -0.05) is 6.07 Å². The van der Waals surface area contributed by atoms with Crippen molar-refractivity contribution in [3.63, 3.8) is 0 Å². The van der Waals surface area contributed by atoms with Crippen molar-refractivity contribution in [1.82, 2.24) is 4.98 Å². The molecule has 0 amide bonds. The Morgan fingerprint density at radius 2 is 1.59 bits per heavy atom. The van der Waals surface area contributed by atoms with E-state index in [1.165, 1.54) is 12.4 Å². The molecule has 1 atom stereocenters. The number of rotatable bonds is 4. The highest BCUT2D eigenvalue weighted by atomic mass is 16.5. The molecule has 1 aromatic heterocycles. The molecule has 0 radical (unpaired) electrons. The maximum absolute atomic E-state index is 12.5. The van der Waals surface area contributed by atoms with Gasteiger partial charge in [0.2, 0.25) is 5.78 Å². The summed E-state index contributed by atoms with van der Waals surface area (Å²) in [7, 11) is 0. The van der Waals surface area contributed by atoms with Gasteiger partial charge < -0.3 is 4.74 Å². The molecule has 1 aromatic carbocycles. The zero-order valence-corrected chi connectivity index (χ0v) is 13.2. The third-order valence-corrected chi connectivity index (χ3v) is 3.68. The molecule has 0 saturated heterocycles. The van der Waals surface area contributed by atoms with Crippen LogP contribution in [0.25, 0.3) is 0 Å². The largest absolute Gasteiger partial charge is 0.451 e. The number of Topliss-reactive ketones (excluding diaryl/α,β-unsaturated/α-hetero) is 1. The summed E-state index contributed by atoms with van der Waals surface area (Å²) in [5.74, 6) is -0.715. The zero-order chi connectivity index (χ0) is 16.3. The third kappa shape index (κ3) is 3.39. The number of hydrogen-bond donors (Lipinski definition) is 0. The molecular weight excluding hydrogens is 278 g/mol. The van der Waals surface area contributed by atoms with Gasteiger partial charge in [-0.05, 0) is 62.6 Å². The van der Waals surface area contributed by atoms with Crippen LogP contribution in [-0.4, -0.2) is 22.8 Å². The number of ether oxygens (including phenoxy) is 1. The van der Waals surface area contributed by atoms with E-state index in [-0.39, 0.29) is 5.78 Å². The molecule has 0 unspecified atom stereocenters. The first-order chi connectivity index (χ1) is 10.4. The van der Waals surface area contributed by atoms with Crippen molar-refractivity contribution in [2.75, 3.05) is 0 Å². The summed E-state index contributed by atoms with van der Waals surface area (Å²) < 4.78 is 5.26. The molecule has 0 bridgehead atoms. The fourth-order valence-electron chi connectivity index (χ4n) is 2.22. The number of aromatic nitrogens is 1. The van der Waals surface area contributed by atoms with Crippen LogP contribution >= 0.6 is 0 Å². The fraction of sp³-hybridized carbons (Fsp3) is 0.278. The maximum Gasteiger partial charge on any atom is 0.338 e. The number of benzene rings is 1. The van der Waals surface area contributed by atoms with Gasteiger partial charge in [0.25, 0.3) is 0 Å². The first-order valence-corrected chi connectivity index (χ1v) is 7.13. The van der Waals surface area contributed by atoms with Gasteiger partial charge in [0.15, 0.2) is 6.10 Å². The number of carbonyl (C=O) groups excluding carboxylic acids is 2. The van der Waals surface area contributed by atoms with Crippen molar-refractivity contribution in [2.45, 2.75) is 33.8 Å². The molecule has 114 valence electrons. The van der Waals surface area contributed by atoms with Gasteiger partial charge in [-0.25, -0.2) is 4.79 Å². The summed E-state index contributed by atoms with van der Waals surface area (Å²) >= 11 is 0. The van der Waals surface area contributed by atoms with E-state index in [2.05, 4.69) is 4.98 Å². The Kier molecular flexibility index (Phi) is 4.71. The van der Waals surface area contributed by atoms with Crippen LogP contribution in [0.15, 0.2) is 36.7 Å². The smallest absolute Gasteiger partial charge is 0.338 e. The van der Waals surface area contributed by atoms with Crippen molar-refractivity contribution in [3.05, 3.63) is 64.5 Å². The molecule has 0 aliphatic rings. The van der Waals surface area contributed by atoms with Crippen LogP contribution in [0.4, 0.5) is 0 Å². The highest BCUT2D eigenvalue weighted by Gasteiger charge is 2.22. The molecular formula is C18H19NO3. The van der Waals surface area contributed by atoms with E-state index in [1.807, 2.05) is 32.9 Å². The normalized spacial score (nSPS) is 11.8. The van der Waals surface area contributed by atoms with Crippen molar-refractivity contribution in [2.24, 2.45) is 0 Å². The summed E-state index contributed by atoms with van der Waals surface area (Å²) in [5, 5.41) is 0. The molecule has 0 spiro atoms. The molecule has 22 heavy (non-hydrogen) atoms. The molecule has 4 nitrogen and oxygen atoms in total. The number of ketones is 1. The van der Waals surface area contributed by atoms with E-state index in [9.17, 15) is 9.59 Å². The van der Waals surface area contributed by atoms with Gasteiger partial charge in [-0.2, -0.15) is 0 Å². The first kappa shape index (κ1) is 15.9. The monoisotopic (exact) mass is 297 g/mol. The Morgan fingerprint density at radius 1 is 1.00 bits per heavy atom. The van der Waals surface area contributed by atoms with E-state index in [0.717, 1.165) is 16.7 Å². The third-order valence-electron chi connectivity index (χ3n) is 3.68. The van der Waals surface area contributed by atoms with Crippen molar-refractivity contribution < 1.29 is 14.3 Å². The zero-order valence-electron chi connectivity index (χ0n) is 13.2. The lowest BCUT2D eigenvalue weighted by atomic mass is 9.96. The van der Waals surface area contributed by atoms with Crippen molar-refractivity contribution in [3.8, 4) is 0 Å². The Balaban J connectivity index is 2.16. The van der Waals surface area contributed by atoms with Crippen LogP contribution in [-0.2, 0) is 4.74 Å². The van der Waals surface area contributed by atoms with Gasteiger partial charge in [-0.3, -0.25) is 9.78 Å². The second-order valence-electron chi connectivity index (χ2n) is 5.40. The highest BCUT2D eigenvalue weighted by molar-refractivity contribution is 6.02. The summed E-state index contributed by atoms with van der Waals surface area (Å²) in [4.78, 5) is 28.3. The van der Waals surface area contributed by atoms with Gasteiger partial charge in [0, 0.05) is 18.0 Å². The molecule has 0 aliphatic carbocycles. The second kappa shape index (κ2) is 6.52. The summed E-state index contributed by atoms with van der Waals surface area (Å²) in [6, 6.07) is 6.94. The Hall–Kier alpha value is -2.49. The highest BCUT2D eigenvalue weighted by Crippen LogP contribution is 2.18. The van der Waals surface area contributed by atoms with E-state index in [0.29, 0.717) is 11.1 Å². The summed E-state index contributed by atoms with van der Waals surface area (Å²) in [6.07, 6.45) is 2.19. The lowest BCUT2D eigenvalue weighted by Crippen LogP contribution is -2.25. The van der Waals surface area contributed by atoms with Crippen molar-refractivity contribution in [1.29, 1.82) is 0 Å². The number of pyridine rings is 1. The molecule has 0 N–H and O–H groups in total. The molecule has 0 aliphatic heterocycles. The SMILES string of the molecule is Cc1cc(C)c(C(=O)[C@H](C)OC(=O)c2ccncc2)cc1C. The molecule has 2 aromatic rings. The maximum atomic E-state index is 12.5. The number of nitrogens with zero attached hydrogens (tertiary/aromatic N) is 1. The quantitative estimate of drug-likeness (QED) is 0.641. The molecule has 0 fully saturated rings. The minimum atomic E-state index is -0.832. The summed E-state index contributed by atoms with van der Waals surface area (Å²) in [6.45, 7) is 7.44. The van der Waals surface area contributed by atoms with Gasteiger partial charge in [0.1, 0.15) is 0 Å². The Morgan fingerprint density at radius 3 is 2.23 bits per heavy atom. The van der Waals surface area contributed by atoms with Crippen LogP contribution in [0.2, 0.25) is 0 Å². The standard InChI is InChI=1S/C18H19NO3/c1-11-9-13(3)16(10-12(11)2)17(20)14(4)22-18(21)15-5-7-19-8-6-15/h5-10,14H,1-4H3/t14-/m0/s1. The van der Waals surface area contributed by atoms with Crippen LogP contribution in [0, 0.1) is 20.8 Å². The number of hydrogen-bond acceptors (Lipinski definition) is 4. The van der Waals surface area contributed by atoms with E-state index in [1.54, 1.807) is 19.1 Å². The van der Waals surface area contributed by atoms with Crippen LogP contribution in [0.3, 0.4) is 0 Å². The predicted molar refractivity (Wildman–Crippen MR) is 84.1 cm³/mol. The summed E-state index contributed by atoms with van der Waals surface area (Å²) in [5.41, 5.74) is 4.04. The van der Waals surface area contributed by atoms with E-state index < -0.39 is 12.1 Å². The Bertz CT molecular complexity index is 708. The van der Waals surface area contributed by atoms with Crippen molar-refractivity contribution >= 4 is 11.8 Å². The molecule has 2 rings (SSSR count). The Labute approximate surface area is 130 Å². The minimum absolute atomic E-state index is 0.192. The second-order valence-corrected chi connectivity index (χ2v) is 5.40. The number of aryl methyl sites for hydroxylation is 3. The van der Waals surface area contributed by atoms with Crippen LogP contribution in [0.1, 0.15) is 44.3 Å².